The number of allylic oxidation sites excluding steroid dienone is 2. The summed E-state index contributed by atoms with van der Waals surface area (Å²) in [6.45, 7) is 11.0. The second-order valence-electron chi connectivity index (χ2n) is 10.8. The highest BCUT2D eigenvalue weighted by molar-refractivity contribution is 5.97. The van der Waals surface area contributed by atoms with Gasteiger partial charge in [-0.15, -0.1) is 0 Å². The van der Waals surface area contributed by atoms with Gasteiger partial charge >= 0.3 is 0 Å². The van der Waals surface area contributed by atoms with E-state index in [2.05, 4.69) is 20.4 Å². The first-order valence-corrected chi connectivity index (χ1v) is 11.3. The summed E-state index contributed by atoms with van der Waals surface area (Å²) in [7, 11) is 1.62. The van der Waals surface area contributed by atoms with Crippen LogP contribution in [-0.2, 0) is 19.1 Å². The average Bonchev–Trinajstić information content (AvgIpc) is 3.42. The molecule has 0 heterocycles. The largest absolute Gasteiger partial charge is 0.359 e. The Morgan fingerprint density at radius 2 is 1.93 bits per heavy atom. The number of carbonyl (C=O) groups excluding carboxylic acids is 2. The minimum absolute atomic E-state index is 0.0781. The third-order valence-electron chi connectivity index (χ3n) is 9.97. The van der Waals surface area contributed by atoms with Gasteiger partial charge in [-0.05, 0) is 86.2 Å². The molecule has 5 rings (SSSR count). The Morgan fingerprint density at radius 3 is 2.62 bits per heavy atom. The summed E-state index contributed by atoms with van der Waals surface area (Å²) in [5, 5.41) is 0. The fourth-order valence-corrected chi connectivity index (χ4v) is 8.52. The second kappa shape index (κ2) is 6.13. The Hall–Kier alpha value is -1.26. The molecular weight excluding hydrogens is 364 g/mol. The zero-order valence-electron chi connectivity index (χ0n) is 18.3. The fourth-order valence-electron chi connectivity index (χ4n) is 8.52. The molecule has 8 atom stereocenters. The van der Waals surface area contributed by atoms with Crippen LogP contribution in [0.25, 0.3) is 0 Å². The van der Waals surface area contributed by atoms with Crippen molar-refractivity contribution in [2.45, 2.75) is 64.9 Å². The van der Waals surface area contributed by atoms with Crippen molar-refractivity contribution in [3.05, 3.63) is 23.8 Å². The van der Waals surface area contributed by atoms with Crippen LogP contribution in [0.5, 0.6) is 0 Å². The molecule has 5 aliphatic rings. The summed E-state index contributed by atoms with van der Waals surface area (Å²) in [6.07, 6.45) is 7.85. The van der Waals surface area contributed by atoms with Crippen molar-refractivity contribution in [3.8, 4) is 0 Å². The molecule has 0 unspecified atom stereocenters. The monoisotopic (exact) mass is 398 g/mol. The van der Waals surface area contributed by atoms with Crippen molar-refractivity contribution in [2.24, 2.45) is 40.4 Å². The molecule has 4 fully saturated rings. The minimum atomic E-state index is -0.734. The predicted molar refractivity (Wildman–Crippen MR) is 110 cm³/mol. The lowest BCUT2D eigenvalue weighted by Crippen LogP contribution is -2.58. The highest BCUT2D eigenvalue weighted by Crippen LogP contribution is 2.73. The predicted octanol–water partition coefficient (Wildman–Crippen LogP) is 4.49. The standard InChI is InChI=1S/C25H34O4/c1-14-10-16-18-7-9-25(15(2)26,29-13-28-5)23(18,3)8-6-19(16)24(4)20(14)12-22(27)17-11-21(17)24/h12,16-19,21H,1,6-11,13H2,2-5H3/t16-,17+,18-,19-,21-,23-,24+,25-/m0/s1. The molecule has 0 amide bonds. The quantitative estimate of drug-likeness (QED) is 0.655. The normalized spacial score (nSPS) is 50.2. The first-order chi connectivity index (χ1) is 13.7. The SMILES string of the molecule is C=C1C[C@@H]2[C@H](CC[C@@]3(C)[C@H]2CC[C@]3(OCOC)C(C)=O)[C@]2(C)C1=CC(=O)[C@@H]1C[C@@H]12. The number of methoxy groups -OCH3 is 1. The molecular formula is C25H34O4. The third-order valence-corrected chi connectivity index (χ3v) is 9.97. The van der Waals surface area contributed by atoms with Crippen LogP contribution in [0.2, 0.25) is 0 Å². The summed E-state index contributed by atoms with van der Waals surface area (Å²) in [6, 6.07) is 0. The van der Waals surface area contributed by atoms with Crippen molar-refractivity contribution in [2.75, 3.05) is 13.9 Å². The van der Waals surface area contributed by atoms with E-state index in [1.54, 1.807) is 14.0 Å². The Balaban J connectivity index is 1.53. The molecule has 5 aliphatic carbocycles. The summed E-state index contributed by atoms with van der Waals surface area (Å²) in [5.41, 5.74) is 1.59. The lowest BCUT2D eigenvalue weighted by atomic mass is 9.45. The molecule has 4 heteroatoms. The summed E-state index contributed by atoms with van der Waals surface area (Å²) >= 11 is 0. The molecule has 0 aromatic rings. The van der Waals surface area contributed by atoms with Gasteiger partial charge in [-0.1, -0.05) is 26.0 Å². The maximum Gasteiger partial charge on any atom is 0.162 e. The van der Waals surface area contributed by atoms with E-state index in [-0.39, 0.29) is 29.3 Å². The number of Topliss-reactive ketones (excluding diaryl/α,β-unsaturated/α-hetero) is 1. The number of hydrogen-bond acceptors (Lipinski definition) is 4. The molecule has 0 N–H and O–H groups in total. The first kappa shape index (κ1) is 19.7. The second-order valence-corrected chi connectivity index (χ2v) is 10.8. The number of ether oxygens (including phenoxy) is 2. The van der Waals surface area contributed by atoms with Gasteiger partial charge in [-0.2, -0.15) is 0 Å². The zero-order valence-corrected chi connectivity index (χ0v) is 18.3. The molecule has 0 spiro atoms. The Bertz CT molecular complexity index is 827. The minimum Gasteiger partial charge on any atom is -0.359 e. The van der Waals surface area contributed by atoms with Crippen LogP contribution >= 0.6 is 0 Å². The summed E-state index contributed by atoms with van der Waals surface area (Å²) in [5.74, 6) is 2.75. The molecule has 0 saturated heterocycles. The van der Waals surface area contributed by atoms with Crippen LogP contribution in [0.3, 0.4) is 0 Å². The fraction of sp³-hybridized carbons (Fsp3) is 0.760. The summed E-state index contributed by atoms with van der Waals surface area (Å²) in [4.78, 5) is 25.3. The third kappa shape index (κ3) is 2.28. The number of ketones is 2. The molecule has 158 valence electrons. The van der Waals surface area contributed by atoms with Crippen molar-refractivity contribution in [1.29, 1.82) is 0 Å². The Morgan fingerprint density at radius 1 is 1.21 bits per heavy atom. The van der Waals surface area contributed by atoms with Gasteiger partial charge in [0, 0.05) is 18.4 Å². The molecule has 0 aliphatic heterocycles. The maximum atomic E-state index is 12.9. The first-order valence-electron chi connectivity index (χ1n) is 11.3. The van der Waals surface area contributed by atoms with E-state index >= 15 is 0 Å². The van der Waals surface area contributed by atoms with Crippen LogP contribution in [0.4, 0.5) is 0 Å². The lowest BCUT2D eigenvalue weighted by molar-refractivity contribution is -0.199. The van der Waals surface area contributed by atoms with E-state index in [0.717, 1.165) is 44.1 Å². The molecule has 4 nitrogen and oxygen atoms in total. The smallest absolute Gasteiger partial charge is 0.162 e. The van der Waals surface area contributed by atoms with E-state index in [1.807, 2.05) is 6.08 Å². The molecule has 0 aromatic heterocycles. The van der Waals surface area contributed by atoms with Crippen LogP contribution in [0, 0.1) is 40.4 Å². The molecule has 0 bridgehead atoms. The van der Waals surface area contributed by atoms with Crippen LogP contribution in [-0.4, -0.2) is 31.1 Å². The number of carbonyl (C=O) groups is 2. The van der Waals surface area contributed by atoms with E-state index < -0.39 is 5.60 Å². The Labute approximate surface area is 174 Å². The van der Waals surface area contributed by atoms with Gasteiger partial charge in [-0.3, -0.25) is 9.59 Å². The number of rotatable bonds is 4. The van der Waals surface area contributed by atoms with E-state index in [0.29, 0.717) is 29.5 Å². The van der Waals surface area contributed by atoms with Gasteiger partial charge in [-0.25, -0.2) is 0 Å². The van der Waals surface area contributed by atoms with Crippen LogP contribution < -0.4 is 0 Å². The zero-order chi connectivity index (χ0) is 20.8. The molecule has 4 saturated carbocycles. The topological polar surface area (TPSA) is 52.6 Å². The lowest BCUT2D eigenvalue weighted by Gasteiger charge is -2.59. The molecule has 29 heavy (non-hydrogen) atoms. The van der Waals surface area contributed by atoms with Crippen molar-refractivity contribution < 1.29 is 19.1 Å². The van der Waals surface area contributed by atoms with E-state index in [1.165, 1.54) is 5.57 Å². The van der Waals surface area contributed by atoms with Crippen molar-refractivity contribution in [1.82, 2.24) is 0 Å². The molecule has 0 aromatic carbocycles. The maximum absolute atomic E-state index is 12.9. The number of fused-ring (bicyclic) bond motifs is 7. The van der Waals surface area contributed by atoms with Gasteiger partial charge in [0.05, 0.1) is 0 Å². The Kier molecular flexibility index (Phi) is 4.16. The van der Waals surface area contributed by atoms with E-state index in [9.17, 15) is 9.59 Å². The van der Waals surface area contributed by atoms with Gasteiger partial charge in [0.25, 0.3) is 0 Å². The summed E-state index contributed by atoms with van der Waals surface area (Å²) < 4.78 is 11.4. The average molecular weight is 399 g/mol. The van der Waals surface area contributed by atoms with Gasteiger partial charge in [0.2, 0.25) is 0 Å². The van der Waals surface area contributed by atoms with Gasteiger partial charge < -0.3 is 9.47 Å². The van der Waals surface area contributed by atoms with Crippen LogP contribution in [0.15, 0.2) is 23.8 Å². The number of hydrogen-bond donors (Lipinski definition) is 0. The van der Waals surface area contributed by atoms with Crippen LogP contribution in [0.1, 0.15) is 59.3 Å². The van der Waals surface area contributed by atoms with E-state index in [4.69, 9.17) is 9.47 Å². The van der Waals surface area contributed by atoms with Crippen molar-refractivity contribution in [3.63, 3.8) is 0 Å². The van der Waals surface area contributed by atoms with Gasteiger partial charge in [0.1, 0.15) is 12.4 Å². The van der Waals surface area contributed by atoms with Gasteiger partial charge in [0.15, 0.2) is 11.6 Å². The molecule has 0 radical (unpaired) electrons. The van der Waals surface area contributed by atoms with Crippen molar-refractivity contribution >= 4 is 11.6 Å². The highest BCUT2D eigenvalue weighted by atomic mass is 16.7. The highest BCUT2D eigenvalue weighted by Gasteiger charge is 2.70.